The van der Waals surface area contributed by atoms with Crippen LogP contribution < -0.4 is 0 Å². The first-order chi connectivity index (χ1) is 10.6. The van der Waals surface area contributed by atoms with Gasteiger partial charge in [0.2, 0.25) is 5.91 Å². The van der Waals surface area contributed by atoms with Gasteiger partial charge >= 0.3 is 0 Å². The number of hydrogen-bond acceptors (Lipinski definition) is 3. The van der Waals surface area contributed by atoms with Gasteiger partial charge in [-0.1, -0.05) is 23.7 Å². The molecule has 1 aromatic rings. The van der Waals surface area contributed by atoms with Gasteiger partial charge in [-0.25, -0.2) is 0 Å². The molecule has 0 radical (unpaired) electrons. The van der Waals surface area contributed by atoms with Crippen molar-refractivity contribution in [2.45, 2.75) is 37.8 Å². The molecule has 1 N–H and O–H groups in total. The van der Waals surface area contributed by atoms with E-state index in [0.717, 1.165) is 25.1 Å². The zero-order chi connectivity index (χ0) is 15.5. The highest BCUT2D eigenvalue weighted by Gasteiger charge is 2.32. The summed E-state index contributed by atoms with van der Waals surface area (Å²) in [4.78, 5) is 16.8. The highest BCUT2D eigenvalue weighted by atomic mass is 35.5. The summed E-state index contributed by atoms with van der Waals surface area (Å²) in [5.74, 6) is 0.0455. The number of carbonyl (C=O) groups is 1. The molecule has 4 nitrogen and oxygen atoms in total. The van der Waals surface area contributed by atoms with E-state index < -0.39 is 6.10 Å². The third-order valence-electron chi connectivity index (χ3n) is 4.80. The second-order valence-electron chi connectivity index (χ2n) is 6.30. The second kappa shape index (κ2) is 6.99. The first kappa shape index (κ1) is 15.8. The van der Waals surface area contributed by atoms with Crippen LogP contribution in [0.1, 0.15) is 37.4 Å². The van der Waals surface area contributed by atoms with Crippen molar-refractivity contribution >= 4 is 17.5 Å². The highest BCUT2D eigenvalue weighted by molar-refractivity contribution is 6.30. The Labute approximate surface area is 136 Å². The van der Waals surface area contributed by atoms with Crippen LogP contribution in [0, 0.1) is 0 Å². The summed E-state index contributed by atoms with van der Waals surface area (Å²) in [7, 11) is 0. The van der Waals surface area contributed by atoms with Gasteiger partial charge in [-0.15, -0.1) is 0 Å². The largest absolute Gasteiger partial charge is 0.388 e. The van der Waals surface area contributed by atoms with Gasteiger partial charge in [-0.2, -0.15) is 0 Å². The molecule has 2 unspecified atom stereocenters. The van der Waals surface area contributed by atoms with E-state index in [2.05, 4.69) is 4.90 Å². The summed E-state index contributed by atoms with van der Waals surface area (Å²) in [6.07, 6.45) is 3.01. The Kier molecular flexibility index (Phi) is 5.01. The van der Waals surface area contributed by atoms with Crippen LogP contribution in [0.3, 0.4) is 0 Å². The van der Waals surface area contributed by atoms with Crippen LogP contribution in [0.2, 0.25) is 5.02 Å². The third kappa shape index (κ3) is 3.62. The monoisotopic (exact) mass is 322 g/mol. The van der Waals surface area contributed by atoms with Crippen molar-refractivity contribution in [3.05, 3.63) is 34.9 Å². The Morgan fingerprint density at radius 1 is 1.23 bits per heavy atom. The Morgan fingerprint density at radius 2 is 1.91 bits per heavy atom. The molecular formula is C17H23ClN2O2. The van der Waals surface area contributed by atoms with Crippen molar-refractivity contribution in [3.8, 4) is 0 Å². The van der Waals surface area contributed by atoms with Crippen molar-refractivity contribution < 1.29 is 9.90 Å². The zero-order valence-corrected chi connectivity index (χ0v) is 13.5. The van der Waals surface area contributed by atoms with Crippen LogP contribution in [0.5, 0.6) is 0 Å². The molecule has 2 saturated heterocycles. The number of aliphatic hydroxyl groups excluding tert-OH is 1. The van der Waals surface area contributed by atoms with E-state index in [-0.39, 0.29) is 12.3 Å². The summed E-state index contributed by atoms with van der Waals surface area (Å²) in [6, 6.07) is 7.54. The molecule has 2 aliphatic rings. The summed E-state index contributed by atoms with van der Waals surface area (Å²) in [6.45, 7) is 3.96. The molecule has 2 atom stereocenters. The Balaban J connectivity index is 1.52. The molecule has 0 saturated carbocycles. The lowest BCUT2D eigenvalue weighted by molar-refractivity contribution is -0.132. The lowest BCUT2D eigenvalue weighted by atomic mass is 10.1. The van der Waals surface area contributed by atoms with E-state index in [0.29, 0.717) is 11.1 Å². The van der Waals surface area contributed by atoms with Gasteiger partial charge in [-0.3, -0.25) is 9.69 Å². The van der Waals surface area contributed by atoms with Crippen LogP contribution in [0.4, 0.5) is 0 Å². The fourth-order valence-electron chi connectivity index (χ4n) is 3.47. The standard InChI is InChI=1S/C17H23ClN2O2/c18-14-5-3-13(4-6-14)16(21)11-17(22)20-10-7-15(12-20)19-8-1-2-9-19/h3-6,15-16,21H,1-2,7-12H2. The van der Waals surface area contributed by atoms with Crippen molar-refractivity contribution in [1.29, 1.82) is 0 Å². The first-order valence-corrected chi connectivity index (χ1v) is 8.46. The molecule has 2 aliphatic heterocycles. The smallest absolute Gasteiger partial charge is 0.225 e. The van der Waals surface area contributed by atoms with Gasteiger partial charge in [0.1, 0.15) is 0 Å². The molecule has 0 bridgehead atoms. The van der Waals surface area contributed by atoms with E-state index in [1.165, 1.54) is 25.9 Å². The maximum atomic E-state index is 12.4. The van der Waals surface area contributed by atoms with Crippen molar-refractivity contribution in [2.24, 2.45) is 0 Å². The van der Waals surface area contributed by atoms with Gasteiger partial charge in [0.15, 0.2) is 0 Å². The normalized spacial score (nSPS) is 23.9. The second-order valence-corrected chi connectivity index (χ2v) is 6.73. The molecule has 2 fully saturated rings. The average Bonchev–Trinajstić information content (AvgIpc) is 3.19. The molecule has 0 aliphatic carbocycles. The van der Waals surface area contributed by atoms with Gasteiger partial charge < -0.3 is 10.0 Å². The van der Waals surface area contributed by atoms with Crippen LogP contribution in [-0.4, -0.2) is 53.0 Å². The topological polar surface area (TPSA) is 43.8 Å². The number of rotatable bonds is 4. The predicted octanol–water partition coefficient (Wildman–Crippen LogP) is 2.46. The van der Waals surface area contributed by atoms with Gasteiger partial charge in [0, 0.05) is 24.2 Å². The van der Waals surface area contributed by atoms with Crippen LogP contribution >= 0.6 is 11.6 Å². The summed E-state index contributed by atoms with van der Waals surface area (Å²) in [5, 5.41) is 10.9. The Hall–Kier alpha value is -1.10. The molecule has 0 aromatic heterocycles. The number of aliphatic hydroxyl groups is 1. The van der Waals surface area contributed by atoms with Gasteiger partial charge in [0.25, 0.3) is 0 Å². The van der Waals surface area contributed by atoms with Crippen molar-refractivity contribution in [2.75, 3.05) is 26.2 Å². The summed E-state index contributed by atoms with van der Waals surface area (Å²) < 4.78 is 0. The zero-order valence-electron chi connectivity index (χ0n) is 12.7. The maximum Gasteiger partial charge on any atom is 0.225 e. The lowest BCUT2D eigenvalue weighted by Gasteiger charge is -2.24. The SMILES string of the molecule is O=C(CC(O)c1ccc(Cl)cc1)N1CCC(N2CCCC2)C1. The highest BCUT2D eigenvalue weighted by Crippen LogP contribution is 2.24. The summed E-state index contributed by atoms with van der Waals surface area (Å²) >= 11 is 5.84. The molecule has 0 spiro atoms. The van der Waals surface area contributed by atoms with E-state index in [4.69, 9.17) is 11.6 Å². The number of halogens is 1. The first-order valence-electron chi connectivity index (χ1n) is 8.09. The Morgan fingerprint density at radius 3 is 2.59 bits per heavy atom. The van der Waals surface area contributed by atoms with E-state index in [1.807, 2.05) is 4.90 Å². The lowest BCUT2D eigenvalue weighted by Crippen LogP contribution is -2.37. The molecule has 120 valence electrons. The van der Waals surface area contributed by atoms with Gasteiger partial charge in [0.05, 0.1) is 12.5 Å². The fraction of sp³-hybridized carbons (Fsp3) is 0.588. The number of hydrogen-bond donors (Lipinski definition) is 1. The number of amides is 1. The molecule has 1 aromatic carbocycles. The van der Waals surface area contributed by atoms with Crippen molar-refractivity contribution in [1.82, 2.24) is 9.80 Å². The quantitative estimate of drug-likeness (QED) is 0.926. The van der Waals surface area contributed by atoms with Crippen molar-refractivity contribution in [3.63, 3.8) is 0 Å². The molecule has 3 rings (SSSR count). The number of nitrogens with zero attached hydrogens (tertiary/aromatic N) is 2. The van der Waals surface area contributed by atoms with E-state index >= 15 is 0 Å². The molecule has 1 amide bonds. The summed E-state index contributed by atoms with van der Waals surface area (Å²) in [5.41, 5.74) is 0.744. The minimum atomic E-state index is -0.754. The molecule has 22 heavy (non-hydrogen) atoms. The van der Waals surface area contributed by atoms with E-state index in [9.17, 15) is 9.90 Å². The van der Waals surface area contributed by atoms with E-state index in [1.54, 1.807) is 24.3 Å². The van der Waals surface area contributed by atoms with Crippen LogP contribution in [0.25, 0.3) is 0 Å². The van der Waals surface area contributed by atoms with Gasteiger partial charge in [-0.05, 0) is 50.0 Å². The Bertz CT molecular complexity index is 514. The predicted molar refractivity (Wildman–Crippen MR) is 86.8 cm³/mol. The maximum absolute atomic E-state index is 12.4. The minimum absolute atomic E-state index is 0.0455. The minimum Gasteiger partial charge on any atom is -0.388 e. The molecule has 5 heteroatoms. The molecule has 2 heterocycles. The third-order valence-corrected chi connectivity index (χ3v) is 5.05. The van der Waals surface area contributed by atoms with Crippen LogP contribution in [-0.2, 0) is 4.79 Å². The average molecular weight is 323 g/mol. The van der Waals surface area contributed by atoms with Crippen LogP contribution in [0.15, 0.2) is 24.3 Å². The fourth-order valence-corrected chi connectivity index (χ4v) is 3.60. The number of carbonyl (C=O) groups excluding carboxylic acids is 1. The molecular weight excluding hydrogens is 300 g/mol. The number of benzene rings is 1. The number of likely N-dealkylation sites (tertiary alicyclic amines) is 2.